The second-order valence-electron chi connectivity index (χ2n) is 5.71. The summed E-state index contributed by atoms with van der Waals surface area (Å²) in [5, 5.41) is 2.11. The van der Waals surface area contributed by atoms with Gasteiger partial charge in [0.15, 0.2) is 0 Å². The maximum Gasteiger partial charge on any atom is 0.0720 e. The topological polar surface area (TPSA) is 9.23 Å². The van der Waals surface area contributed by atoms with Gasteiger partial charge < -0.3 is 4.74 Å². The highest BCUT2D eigenvalue weighted by Crippen LogP contribution is 2.18. The Morgan fingerprint density at radius 1 is 0.960 bits per heavy atom. The smallest absolute Gasteiger partial charge is 0.0720 e. The Bertz CT molecular complexity index is 646. The number of thioether (sulfide) groups is 1. The summed E-state index contributed by atoms with van der Waals surface area (Å²) in [6.07, 6.45) is 11.5. The third-order valence-electron chi connectivity index (χ3n) is 3.69. The lowest BCUT2D eigenvalue weighted by Gasteiger charge is -2.15. The summed E-state index contributed by atoms with van der Waals surface area (Å²) in [6, 6.07) is 20.7. The molecule has 0 fully saturated rings. The van der Waals surface area contributed by atoms with E-state index in [1.807, 2.05) is 30.3 Å². The van der Waals surface area contributed by atoms with Crippen LogP contribution < -0.4 is 0 Å². The van der Waals surface area contributed by atoms with Crippen LogP contribution in [0.2, 0.25) is 0 Å². The lowest BCUT2D eigenvalue weighted by atomic mass is 10.1. The van der Waals surface area contributed by atoms with Gasteiger partial charge >= 0.3 is 0 Å². The van der Waals surface area contributed by atoms with Crippen LogP contribution in [-0.4, -0.2) is 6.10 Å². The molecule has 130 valence electrons. The molecule has 2 aromatic carbocycles. The summed E-state index contributed by atoms with van der Waals surface area (Å²) in [4.78, 5) is 1.26. The summed E-state index contributed by atoms with van der Waals surface area (Å²) < 4.78 is 6.03. The van der Waals surface area contributed by atoms with Gasteiger partial charge in [-0.2, -0.15) is 0 Å². The highest BCUT2D eigenvalue weighted by atomic mass is 32.2. The Hall–Kier alpha value is -2.03. The van der Waals surface area contributed by atoms with Crippen LogP contribution in [0.1, 0.15) is 24.8 Å². The molecule has 1 unspecified atom stereocenters. The SMILES string of the molecule is C=CCC(CC/C=C/C=C/Sc1ccccc1)OCc1ccccc1. The van der Waals surface area contributed by atoms with E-state index < -0.39 is 0 Å². The molecule has 0 spiro atoms. The van der Waals surface area contributed by atoms with Crippen molar-refractivity contribution in [1.82, 2.24) is 0 Å². The van der Waals surface area contributed by atoms with Gasteiger partial charge in [-0.25, -0.2) is 0 Å². The molecule has 0 radical (unpaired) electrons. The zero-order valence-electron chi connectivity index (χ0n) is 14.6. The minimum Gasteiger partial charge on any atom is -0.373 e. The van der Waals surface area contributed by atoms with Crippen LogP contribution in [0.4, 0.5) is 0 Å². The van der Waals surface area contributed by atoms with Crippen molar-refractivity contribution in [2.24, 2.45) is 0 Å². The standard InChI is InChI=1S/C23H26OS/c1-2-13-22(24-20-21-14-7-5-8-15-21)16-9-3-4-12-19-25-23-17-10-6-11-18-23/h2-8,10-12,14-15,17-19,22H,1,9,13,16,20H2/b4-3+,19-12+. The Kier molecular flexibility index (Phi) is 9.53. The molecule has 0 aliphatic carbocycles. The molecule has 0 saturated carbocycles. The van der Waals surface area contributed by atoms with E-state index >= 15 is 0 Å². The summed E-state index contributed by atoms with van der Waals surface area (Å²) >= 11 is 1.73. The van der Waals surface area contributed by atoms with E-state index in [9.17, 15) is 0 Å². The van der Waals surface area contributed by atoms with Crippen LogP contribution in [0.3, 0.4) is 0 Å². The summed E-state index contributed by atoms with van der Waals surface area (Å²) in [6.45, 7) is 4.50. The first-order valence-electron chi connectivity index (χ1n) is 8.68. The molecule has 1 nitrogen and oxygen atoms in total. The van der Waals surface area contributed by atoms with Crippen LogP contribution >= 0.6 is 11.8 Å². The normalized spacial score (nSPS) is 12.6. The van der Waals surface area contributed by atoms with Crippen molar-refractivity contribution in [3.8, 4) is 0 Å². The van der Waals surface area contributed by atoms with Crippen molar-refractivity contribution >= 4 is 11.8 Å². The highest BCUT2D eigenvalue weighted by Gasteiger charge is 2.06. The fraction of sp³-hybridized carbons (Fsp3) is 0.217. The van der Waals surface area contributed by atoms with E-state index in [4.69, 9.17) is 4.74 Å². The molecule has 2 heteroatoms. The zero-order chi connectivity index (χ0) is 17.6. The van der Waals surface area contributed by atoms with Gasteiger partial charge in [0.05, 0.1) is 12.7 Å². The predicted octanol–water partition coefficient (Wildman–Crippen LogP) is 6.79. The summed E-state index contributed by atoms with van der Waals surface area (Å²) in [5.41, 5.74) is 1.22. The first-order valence-corrected chi connectivity index (χ1v) is 9.56. The van der Waals surface area contributed by atoms with E-state index in [0.717, 1.165) is 19.3 Å². The van der Waals surface area contributed by atoms with Crippen molar-refractivity contribution in [3.63, 3.8) is 0 Å². The molecule has 0 saturated heterocycles. The molecular formula is C23H26OS. The molecule has 0 aliphatic rings. The van der Waals surface area contributed by atoms with E-state index in [2.05, 4.69) is 66.6 Å². The Morgan fingerprint density at radius 3 is 2.40 bits per heavy atom. The molecule has 0 bridgehead atoms. The van der Waals surface area contributed by atoms with Crippen molar-refractivity contribution in [2.75, 3.05) is 0 Å². The molecule has 0 heterocycles. The Balaban J connectivity index is 1.66. The number of allylic oxidation sites excluding steroid dienone is 3. The number of benzene rings is 2. The number of ether oxygens (including phenoxy) is 1. The largest absolute Gasteiger partial charge is 0.373 e. The first-order chi connectivity index (χ1) is 12.4. The third kappa shape index (κ3) is 8.57. The minimum atomic E-state index is 0.227. The fourth-order valence-electron chi connectivity index (χ4n) is 2.36. The molecule has 0 N–H and O–H groups in total. The Morgan fingerprint density at radius 2 is 1.68 bits per heavy atom. The van der Waals surface area contributed by atoms with Gasteiger partial charge in [-0.1, -0.05) is 84.6 Å². The minimum absolute atomic E-state index is 0.227. The number of hydrogen-bond donors (Lipinski definition) is 0. The fourth-order valence-corrected chi connectivity index (χ4v) is 3.00. The maximum absolute atomic E-state index is 6.03. The van der Waals surface area contributed by atoms with Crippen molar-refractivity contribution in [2.45, 2.75) is 36.9 Å². The van der Waals surface area contributed by atoms with Crippen LogP contribution in [-0.2, 0) is 11.3 Å². The zero-order valence-corrected chi connectivity index (χ0v) is 15.4. The number of hydrogen-bond acceptors (Lipinski definition) is 2. The lowest BCUT2D eigenvalue weighted by molar-refractivity contribution is 0.0377. The molecule has 0 aromatic heterocycles. The van der Waals surface area contributed by atoms with Gasteiger partial charge in [0.1, 0.15) is 0 Å². The van der Waals surface area contributed by atoms with E-state index in [1.54, 1.807) is 11.8 Å². The lowest BCUT2D eigenvalue weighted by Crippen LogP contribution is -2.11. The average molecular weight is 351 g/mol. The molecular weight excluding hydrogens is 324 g/mol. The van der Waals surface area contributed by atoms with Gasteiger partial charge in [-0.05, 0) is 42.4 Å². The van der Waals surface area contributed by atoms with Crippen molar-refractivity contribution < 1.29 is 4.74 Å². The van der Waals surface area contributed by atoms with Gasteiger partial charge in [-0.15, -0.1) is 6.58 Å². The van der Waals surface area contributed by atoms with Crippen LogP contribution in [0.5, 0.6) is 0 Å². The van der Waals surface area contributed by atoms with Crippen LogP contribution in [0.25, 0.3) is 0 Å². The second-order valence-corrected chi connectivity index (χ2v) is 6.69. The molecule has 1 atom stereocenters. The molecule has 2 rings (SSSR count). The van der Waals surface area contributed by atoms with E-state index in [0.29, 0.717) is 6.61 Å². The quantitative estimate of drug-likeness (QED) is 0.251. The molecule has 25 heavy (non-hydrogen) atoms. The van der Waals surface area contributed by atoms with Crippen LogP contribution in [0, 0.1) is 0 Å². The average Bonchev–Trinajstić information content (AvgIpc) is 2.67. The Labute approximate surface area is 156 Å². The summed E-state index contributed by atoms with van der Waals surface area (Å²) in [5.74, 6) is 0. The monoisotopic (exact) mass is 350 g/mol. The predicted molar refractivity (Wildman–Crippen MR) is 110 cm³/mol. The van der Waals surface area contributed by atoms with E-state index in [1.165, 1.54) is 10.5 Å². The van der Waals surface area contributed by atoms with Crippen LogP contribution in [0.15, 0.2) is 102 Å². The highest BCUT2D eigenvalue weighted by molar-refractivity contribution is 8.02. The third-order valence-corrected chi connectivity index (χ3v) is 4.52. The van der Waals surface area contributed by atoms with Crippen molar-refractivity contribution in [1.29, 1.82) is 0 Å². The van der Waals surface area contributed by atoms with E-state index in [-0.39, 0.29) is 6.10 Å². The van der Waals surface area contributed by atoms with Crippen molar-refractivity contribution in [3.05, 3.63) is 103 Å². The molecule has 0 amide bonds. The first kappa shape index (κ1) is 19.3. The van der Waals surface area contributed by atoms with Gasteiger partial charge in [0.25, 0.3) is 0 Å². The molecule has 2 aromatic rings. The number of rotatable bonds is 11. The van der Waals surface area contributed by atoms with Gasteiger partial charge in [0, 0.05) is 4.90 Å². The van der Waals surface area contributed by atoms with Gasteiger partial charge in [-0.3, -0.25) is 0 Å². The maximum atomic E-state index is 6.03. The summed E-state index contributed by atoms with van der Waals surface area (Å²) in [7, 11) is 0. The van der Waals surface area contributed by atoms with Gasteiger partial charge in [0.2, 0.25) is 0 Å². The second kappa shape index (κ2) is 12.3. The molecule has 0 aliphatic heterocycles.